The minimum atomic E-state index is -1.22. The Bertz CT molecular complexity index is 551. The fourth-order valence-corrected chi connectivity index (χ4v) is 3.21. The van der Waals surface area contributed by atoms with E-state index >= 15 is 0 Å². The monoisotopic (exact) mass is 340 g/mol. The van der Waals surface area contributed by atoms with Crippen molar-refractivity contribution in [3.63, 3.8) is 0 Å². The van der Waals surface area contributed by atoms with Crippen LogP contribution in [-0.4, -0.2) is 48.7 Å². The Balaban J connectivity index is 1.73. The van der Waals surface area contributed by atoms with Gasteiger partial charge >= 0.3 is 0 Å². The quantitative estimate of drug-likeness (QED) is 0.658. The summed E-state index contributed by atoms with van der Waals surface area (Å²) < 4.78 is 23.2. The predicted octanol–water partition coefficient (Wildman–Crippen LogP) is 1.07. The number of ether oxygens (including phenoxy) is 2. The zero-order valence-electron chi connectivity index (χ0n) is 13.4. The van der Waals surface area contributed by atoms with Crippen LogP contribution in [0.15, 0.2) is 23.1 Å². The first-order valence-corrected chi connectivity index (χ1v) is 9.28. The highest BCUT2D eigenvalue weighted by Crippen LogP contribution is 2.31. The molecule has 0 saturated heterocycles. The van der Waals surface area contributed by atoms with E-state index in [2.05, 4.69) is 17.6 Å². The summed E-state index contributed by atoms with van der Waals surface area (Å²) in [7, 11) is -1.22. The number of fused-ring (bicyclic) bond motifs is 1. The molecule has 0 radical (unpaired) electrons. The molecule has 1 heterocycles. The van der Waals surface area contributed by atoms with Gasteiger partial charge in [-0.3, -0.25) is 9.00 Å². The van der Waals surface area contributed by atoms with Crippen LogP contribution in [0.1, 0.15) is 19.8 Å². The summed E-state index contributed by atoms with van der Waals surface area (Å²) in [5, 5.41) is 6.03. The highest BCUT2D eigenvalue weighted by Gasteiger charge is 2.15. The topological polar surface area (TPSA) is 76.7 Å². The van der Waals surface area contributed by atoms with Crippen LogP contribution in [0.4, 0.5) is 0 Å². The average Bonchev–Trinajstić information content (AvgIpc) is 2.59. The van der Waals surface area contributed by atoms with E-state index in [0.717, 1.165) is 19.5 Å². The van der Waals surface area contributed by atoms with Gasteiger partial charge in [-0.15, -0.1) is 0 Å². The van der Waals surface area contributed by atoms with Gasteiger partial charge < -0.3 is 20.1 Å². The van der Waals surface area contributed by atoms with Crippen LogP contribution < -0.4 is 20.1 Å². The van der Waals surface area contributed by atoms with E-state index in [1.54, 1.807) is 18.2 Å². The molecule has 0 bridgehead atoms. The summed E-state index contributed by atoms with van der Waals surface area (Å²) in [5.74, 6) is 1.52. The second kappa shape index (κ2) is 9.52. The molecule has 0 aliphatic carbocycles. The third-order valence-corrected chi connectivity index (χ3v) is 4.70. The molecule has 7 heteroatoms. The van der Waals surface area contributed by atoms with Crippen molar-refractivity contribution in [1.82, 2.24) is 10.6 Å². The lowest BCUT2D eigenvalue weighted by Gasteiger charge is -2.18. The van der Waals surface area contributed by atoms with E-state index in [1.807, 2.05) is 0 Å². The third kappa shape index (κ3) is 5.84. The molecule has 6 nitrogen and oxygen atoms in total. The summed E-state index contributed by atoms with van der Waals surface area (Å²) in [5.41, 5.74) is 0. The number of benzene rings is 1. The van der Waals surface area contributed by atoms with E-state index in [9.17, 15) is 9.00 Å². The lowest BCUT2D eigenvalue weighted by Crippen LogP contribution is -2.32. The highest BCUT2D eigenvalue weighted by molar-refractivity contribution is 7.85. The number of carbonyl (C=O) groups excluding carboxylic acids is 1. The molecule has 1 aromatic rings. The number of hydrogen-bond donors (Lipinski definition) is 2. The van der Waals surface area contributed by atoms with Gasteiger partial charge in [0.2, 0.25) is 5.91 Å². The molecule has 1 amide bonds. The maximum atomic E-state index is 12.3. The molecule has 0 spiro atoms. The minimum absolute atomic E-state index is 0.0748. The van der Waals surface area contributed by atoms with Crippen molar-refractivity contribution in [1.29, 1.82) is 0 Å². The van der Waals surface area contributed by atoms with Gasteiger partial charge in [0.05, 0.1) is 10.8 Å². The Labute approximate surface area is 139 Å². The van der Waals surface area contributed by atoms with Gasteiger partial charge in [0.1, 0.15) is 13.2 Å². The molecule has 2 N–H and O–H groups in total. The van der Waals surface area contributed by atoms with Crippen molar-refractivity contribution in [2.24, 2.45) is 0 Å². The van der Waals surface area contributed by atoms with Crippen molar-refractivity contribution in [2.45, 2.75) is 24.7 Å². The summed E-state index contributed by atoms with van der Waals surface area (Å²) in [6.45, 7) is 5.42. The first-order chi connectivity index (χ1) is 11.2. The summed E-state index contributed by atoms with van der Waals surface area (Å²) >= 11 is 0. The zero-order chi connectivity index (χ0) is 16.5. The molecule has 1 aliphatic heterocycles. The van der Waals surface area contributed by atoms with Crippen LogP contribution in [0.3, 0.4) is 0 Å². The van der Waals surface area contributed by atoms with Crippen LogP contribution >= 0.6 is 0 Å². The number of amides is 1. The molecule has 23 heavy (non-hydrogen) atoms. The van der Waals surface area contributed by atoms with Crippen LogP contribution in [0.5, 0.6) is 11.5 Å². The van der Waals surface area contributed by atoms with Gasteiger partial charge in [0.25, 0.3) is 0 Å². The van der Waals surface area contributed by atoms with Crippen LogP contribution in [0.2, 0.25) is 0 Å². The van der Waals surface area contributed by atoms with Crippen molar-refractivity contribution < 1.29 is 18.5 Å². The van der Waals surface area contributed by atoms with Gasteiger partial charge in [-0.05, 0) is 25.1 Å². The Morgan fingerprint density at radius 1 is 1.17 bits per heavy atom. The van der Waals surface area contributed by atoms with E-state index in [0.29, 0.717) is 41.9 Å². The minimum Gasteiger partial charge on any atom is -0.486 e. The van der Waals surface area contributed by atoms with Gasteiger partial charge in [-0.2, -0.15) is 0 Å². The number of carbonyl (C=O) groups is 1. The van der Waals surface area contributed by atoms with E-state index in [1.165, 1.54) is 0 Å². The molecule has 1 aromatic carbocycles. The lowest BCUT2D eigenvalue weighted by atomic mass is 10.3. The van der Waals surface area contributed by atoms with Crippen molar-refractivity contribution in [3.8, 4) is 11.5 Å². The Morgan fingerprint density at radius 2 is 1.96 bits per heavy atom. The van der Waals surface area contributed by atoms with Gasteiger partial charge in [0.15, 0.2) is 11.5 Å². The summed E-state index contributed by atoms with van der Waals surface area (Å²) in [4.78, 5) is 12.4. The summed E-state index contributed by atoms with van der Waals surface area (Å²) in [6, 6.07) is 5.26. The summed E-state index contributed by atoms with van der Waals surface area (Å²) in [6.07, 6.45) is 1.32. The molecule has 0 saturated carbocycles. The maximum Gasteiger partial charge on any atom is 0.220 e. The normalized spacial score (nSPS) is 14.3. The highest BCUT2D eigenvalue weighted by atomic mass is 32.2. The van der Waals surface area contributed by atoms with Crippen molar-refractivity contribution in [3.05, 3.63) is 18.2 Å². The fourth-order valence-electron chi connectivity index (χ4n) is 2.15. The van der Waals surface area contributed by atoms with Crippen molar-refractivity contribution >= 4 is 16.7 Å². The largest absolute Gasteiger partial charge is 0.486 e. The van der Waals surface area contributed by atoms with Crippen molar-refractivity contribution in [2.75, 3.05) is 38.6 Å². The van der Waals surface area contributed by atoms with Crippen LogP contribution in [0, 0.1) is 0 Å². The second-order valence-electron chi connectivity index (χ2n) is 5.21. The zero-order valence-corrected chi connectivity index (χ0v) is 14.2. The average molecular weight is 340 g/mol. The Kier molecular flexibility index (Phi) is 7.35. The van der Waals surface area contributed by atoms with Crippen LogP contribution in [0.25, 0.3) is 0 Å². The number of nitrogens with one attached hydrogen (secondary N) is 2. The van der Waals surface area contributed by atoms with E-state index in [4.69, 9.17) is 9.47 Å². The van der Waals surface area contributed by atoms with E-state index < -0.39 is 10.8 Å². The lowest BCUT2D eigenvalue weighted by molar-refractivity contribution is -0.120. The Morgan fingerprint density at radius 3 is 2.74 bits per heavy atom. The smallest absolute Gasteiger partial charge is 0.220 e. The first-order valence-electron chi connectivity index (χ1n) is 7.96. The molecule has 128 valence electrons. The molecule has 1 unspecified atom stereocenters. The van der Waals surface area contributed by atoms with Gasteiger partial charge in [0, 0.05) is 36.2 Å². The number of rotatable bonds is 9. The molecular weight excluding hydrogens is 316 g/mol. The molecule has 0 aromatic heterocycles. The second-order valence-corrected chi connectivity index (χ2v) is 6.78. The molecule has 1 atom stereocenters. The third-order valence-electron chi connectivity index (χ3n) is 3.34. The van der Waals surface area contributed by atoms with E-state index in [-0.39, 0.29) is 12.3 Å². The molecule has 2 rings (SSSR count). The molecule has 0 fully saturated rings. The molecule has 1 aliphatic rings. The van der Waals surface area contributed by atoms with Gasteiger partial charge in [-0.1, -0.05) is 6.92 Å². The number of hydrogen-bond acceptors (Lipinski definition) is 5. The standard InChI is InChI=1S/C16H24N2O4S/c1-2-6-17-7-8-18-16(19)5-11-23(20)13-3-4-14-15(12-13)22-10-9-21-14/h3-4,12,17H,2,5-11H2,1H3,(H,18,19). The van der Waals surface area contributed by atoms with Crippen LogP contribution in [-0.2, 0) is 15.6 Å². The SMILES string of the molecule is CCCNCCNC(=O)CCS(=O)c1ccc2c(c1)OCCO2. The first kappa shape index (κ1) is 17.7. The maximum absolute atomic E-state index is 12.3. The molecular formula is C16H24N2O4S. The van der Waals surface area contributed by atoms with Gasteiger partial charge in [-0.25, -0.2) is 0 Å². The predicted molar refractivity (Wildman–Crippen MR) is 89.5 cm³/mol. The Hall–Kier alpha value is -1.60. The fraction of sp³-hybridized carbons (Fsp3) is 0.562.